The van der Waals surface area contributed by atoms with Crippen molar-refractivity contribution in [2.24, 2.45) is 11.8 Å². The molecule has 1 saturated carbocycles. The SMILES string of the molecule is CCC1CCCC(C(NC)C2CCCc3cccnc32)C1. The van der Waals surface area contributed by atoms with Gasteiger partial charge in [0.15, 0.2) is 0 Å². The first-order valence-electron chi connectivity index (χ1n) is 8.94. The minimum Gasteiger partial charge on any atom is -0.316 e. The minimum absolute atomic E-state index is 0.619. The van der Waals surface area contributed by atoms with E-state index in [1.54, 1.807) is 0 Å². The van der Waals surface area contributed by atoms with E-state index in [4.69, 9.17) is 4.98 Å². The van der Waals surface area contributed by atoms with E-state index >= 15 is 0 Å². The summed E-state index contributed by atoms with van der Waals surface area (Å²) in [4.78, 5) is 4.76. The smallest absolute Gasteiger partial charge is 0.0482 e. The lowest BCUT2D eigenvalue weighted by atomic mass is 9.70. The molecular weight excluding hydrogens is 256 g/mol. The van der Waals surface area contributed by atoms with Crippen molar-refractivity contribution in [3.63, 3.8) is 0 Å². The molecule has 0 aliphatic heterocycles. The largest absolute Gasteiger partial charge is 0.316 e. The van der Waals surface area contributed by atoms with Gasteiger partial charge in [0.05, 0.1) is 0 Å². The molecular formula is C19H30N2. The number of nitrogens with zero attached hydrogens (tertiary/aromatic N) is 1. The molecule has 1 N–H and O–H groups in total. The number of fused-ring (bicyclic) bond motifs is 1. The van der Waals surface area contributed by atoms with Crippen molar-refractivity contribution in [1.29, 1.82) is 0 Å². The molecule has 0 bridgehead atoms. The Balaban J connectivity index is 1.80. The van der Waals surface area contributed by atoms with Crippen LogP contribution in [0.3, 0.4) is 0 Å². The third kappa shape index (κ3) is 3.15. The van der Waals surface area contributed by atoms with E-state index in [1.807, 2.05) is 6.20 Å². The predicted octanol–water partition coefficient (Wildman–Crippen LogP) is 4.31. The van der Waals surface area contributed by atoms with E-state index in [0.717, 1.165) is 11.8 Å². The van der Waals surface area contributed by atoms with E-state index in [1.165, 1.54) is 62.6 Å². The Labute approximate surface area is 129 Å². The highest BCUT2D eigenvalue weighted by Gasteiger charge is 2.35. The van der Waals surface area contributed by atoms with E-state index in [-0.39, 0.29) is 0 Å². The normalized spacial score (nSPS) is 30.7. The van der Waals surface area contributed by atoms with Gasteiger partial charge in [-0.25, -0.2) is 0 Å². The maximum absolute atomic E-state index is 4.76. The van der Waals surface area contributed by atoms with Gasteiger partial charge in [0.25, 0.3) is 0 Å². The van der Waals surface area contributed by atoms with Crippen molar-refractivity contribution < 1.29 is 0 Å². The molecule has 4 unspecified atom stereocenters. The standard InChI is InChI=1S/C19H30N2/c1-3-14-7-4-9-16(13-14)18(20-2)17-11-5-8-15-10-6-12-21-19(15)17/h6,10,12,14,16-18,20H,3-5,7-9,11,13H2,1-2H3. The van der Waals surface area contributed by atoms with E-state index in [9.17, 15) is 0 Å². The maximum atomic E-state index is 4.76. The molecule has 0 aromatic carbocycles. The number of likely N-dealkylation sites (N-methyl/N-ethyl adjacent to an activating group) is 1. The number of rotatable bonds is 4. The van der Waals surface area contributed by atoms with E-state index in [2.05, 4.69) is 31.4 Å². The fourth-order valence-electron chi connectivity index (χ4n) is 4.79. The molecule has 1 heterocycles. The lowest BCUT2D eigenvalue weighted by Gasteiger charge is -2.40. The van der Waals surface area contributed by atoms with Gasteiger partial charge in [-0.2, -0.15) is 0 Å². The lowest BCUT2D eigenvalue weighted by Crippen LogP contribution is -2.42. The number of aryl methyl sites for hydroxylation is 1. The Kier molecular flexibility index (Phi) is 4.95. The molecule has 2 nitrogen and oxygen atoms in total. The van der Waals surface area contributed by atoms with Crippen LogP contribution in [0.2, 0.25) is 0 Å². The highest BCUT2D eigenvalue weighted by Crippen LogP contribution is 2.40. The van der Waals surface area contributed by atoms with Crippen LogP contribution in [0.25, 0.3) is 0 Å². The highest BCUT2D eigenvalue weighted by molar-refractivity contribution is 5.27. The summed E-state index contributed by atoms with van der Waals surface area (Å²) >= 11 is 0. The van der Waals surface area contributed by atoms with E-state index in [0.29, 0.717) is 12.0 Å². The Bertz CT molecular complexity index is 457. The van der Waals surface area contributed by atoms with E-state index < -0.39 is 0 Å². The van der Waals surface area contributed by atoms with Gasteiger partial charge in [-0.1, -0.05) is 32.3 Å². The first-order chi connectivity index (χ1) is 10.3. The molecule has 1 aromatic rings. The zero-order chi connectivity index (χ0) is 14.7. The zero-order valence-electron chi connectivity index (χ0n) is 13.6. The average Bonchev–Trinajstić information content (AvgIpc) is 2.56. The lowest BCUT2D eigenvalue weighted by molar-refractivity contribution is 0.188. The van der Waals surface area contributed by atoms with Gasteiger partial charge in [0, 0.05) is 23.9 Å². The second-order valence-corrected chi connectivity index (χ2v) is 7.06. The topological polar surface area (TPSA) is 24.9 Å². The first-order valence-corrected chi connectivity index (χ1v) is 8.94. The van der Waals surface area contributed by atoms with Crippen LogP contribution < -0.4 is 5.32 Å². The molecule has 1 aromatic heterocycles. The number of pyridine rings is 1. The van der Waals surface area contributed by atoms with Gasteiger partial charge in [-0.05, 0) is 62.6 Å². The van der Waals surface area contributed by atoms with Crippen LogP contribution in [-0.4, -0.2) is 18.1 Å². The van der Waals surface area contributed by atoms with Crippen LogP contribution in [0.4, 0.5) is 0 Å². The average molecular weight is 286 g/mol. The first kappa shape index (κ1) is 15.0. The monoisotopic (exact) mass is 286 g/mol. The fourth-order valence-corrected chi connectivity index (χ4v) is 4.79. The number of hydrogen-bond donors (Lipinski definition) is 1. The Morgan fingerprint density at radius 3 is 3.00 bits per heavy atom. The summed E-state index contributed by atoms with van der Waals surface area (Å²) in [5.74, 6) is 2.42. The van der Waals surface area contributed by atoms with Gasteiger partial charge >= 0.3 is 0 Å². The second kappa shape index (κ2) is 6.91. The van der Waals surface area contributed by atoms with Gasteiger partial charge in [0.2, 0.25) is 0 Å². The Morgan fingerprint density at radius 2 is 2.19 bits per heavy atom. The molecule has 2 heteroatoms. The van der Waals surface area contributed by atoms with Gasteiger partial charge < -0.3 is 5.32 Å². The molecule has 0 spiro atoms. The van der Waals surface area contributed by atoms with Crippen LogP contribution in [0, 0.1) is 11.8 Å². The molecule has 116 valence electrons. The number of hydrogen-bond acceptors (Lipinski definition) is 2. The van der Waals surface area contributed by atoms with Crippen molar-refractivity contribution in [3.05, 3.63) is 29.6 Å². The summed E-state index contributed by atoms with van der Waals surface area (Å²) in [6.45, 7) is 2.36. The van der Waals surface area contributed by atoms with Crippen molar-refractivity contribution >= 4 is 0 Å². The molecule has 2 aliphatic carbocycles. The fraction of sp³-hybridized carbons (Fsp3) is 0.737. The quantitative estimate of drug-likeness (QED) is 0.892. The summed E-state index contributed by atoms with van der Waals surface area (Å²) in [5.41, 5.74) is 2.89. The van der Waals surface area contributed by atoms with Crippen LogP contribution in [0.5, 0.6) is 0 Å². The summed E-state index contributed by atoms with van der Waals surface area (Å²) < 4.78 is 0. The molecule has 0 amide bonds. The molecule has 0 saturated heterocycles. The van der Waals surface area contributed by atoms with Gasteiger partial charge in [-0.3, -0.25) is 4.98 Å². The summed E-state index contributed by atoms with van der Waals surface area (Å²) in [5, 5.41) is 3.69. The molecule has 1 fully saturated rings. The zero-order valence-corrected chi connectivity index (χ0v) is 13.6. The third-order valence-electron chi connectivity index (χ3n) is 5.91. The number of nitrogens with one attached hydrogen (secondary N) is 1. The van der Waals surface area contributed by atoms with Crippen molar-refractivity contribution in [3.8, 4) is 0 Å². The predicted molar refractivity (Wildman–Crippen MR) is 88.5 cm³/mol. The maximum Gasteiger partial charge on any atom is 0.0482 e. The van der Waals surface area contributed by atoms with Crippen LogP contribution in [0.15, 0.2) is 18.3 Å². The molecule has 4 atom stereocenters. The minimum atomic E-state index is 0.619. The second-order valence-electron chi connectivity index (χ2n) is 7.06. The summed E-state index contributed by atoms with van der Waals surface area (Å²) in [7, 11) is 2.16. The molecule has 21 heavy (non-hydrogen) atoms. The molecule has 2 aliphatic rings. The van der Waals surface area contributed by atoms with Crippen LogP contribution in [0.1, 0.15) is 69.0 Å². The van der Waals surface area contributed by atoms with Crippen molar-refractivity contribution in [1.82, 2.24) is 10.3 Å². The van der Waals surface area contributed by atoms with Crippen LogP contribution >= 0.6 is 0 Å². The van der Waals surface area contributed by atoms with Gasteiger partial charge in [-0.15, -0.1) is 0 Å². The number of aromatic nitrogens is 1. The Hall–Kier alpha value is -0.890. The summed E-state index contributed by atoms with van der Waals surface area (Å²) in [6, 6.07) is 5.01. The Morgan fingerprint density at radius 1 is 1.29 bits per heavy atom. The van der Waals surface area contributed by atoms with Crippen molar-refractivity contribution in [2.45, 2.75) is 70.3 Å². The molecule has 3 rings (SSSR count). The summed E-state index contributed by atoms with van der Waals surface area (Å²) in [6.07, 6.45) is 12.9. The highest BCUT2D eigenvalue weighted by atomic mass is 14.9. The molecule has 0 radical (unpaired) electrons. The third-order valence-corrected chi connectivity index (χ3v) is 5.91. The van der Waals surface area contributed by atoms with Crippen LogP contribution in [-0.2, 0) is 6.42 Å². The van der Waals surface area contributed by atoms with Crippen molar-refractivity contribution in [2.75, 3.05) is 7.05 Å². The van der Waals surface area contributed by atoms with Gasteiger partial charge in [0.1, 0.15) is 0 Å².